The highest BCUT2D eigenvalue weighted by molar-refractivity contribution is 7.91. The molecule has 2 aromatic carbocycles. The molecule has 0 aliphatic rings. The van der Waals surface area contributed by atoms with Crippen molar-refractivity contribution in [3.8, 4) is 17.0 Å². The molecule has 0 unspecified atom stereocenters. The molecule has 2 N–H and O–H groups in total. The normalized spacial score (nSPS) is 11.4. The van der Waals surface area contributed by atoms with E-state index in [4.69, 9.17) is 4.74 Å². The zero-order valence-electron chi connectivity index (χ0n) is 18.9. The summed E-state index contributed by atoms with van der Waals surface area (Å²) in [4.78, 5) is 27.1. The highest BCUT2D eigenvalue weighted by atomic mass is 32.2. The van der Waals surface area contributed by atoms with Gasteiger partial charge in [0.1, 0.15) is 5.82 Å². The van der Waals surface area contributed by atoms with Crippen molar-refractivity contribution in [2.75, 3.05) is 5.75 Å². The number of carboxylic acid groups (broad SMARTS) is 2. The van der Waals surface area contributed by atoms with Gasteiger partial charge in [0.05, 0.1) is 17.9 Å². The summed E-state index contributed by atoms with van der Waals surface area (Å²) in [6.07, 6.45) is 0.405. The number of sulfone groups is 1. The quantitative estimate of drug-likeness (QED) is 0.400. The Bertz CT molecular complexity index is 1300. The van der Waals surface area contributed by atoms with E-state index in [-0.39, 0.29) is 28.8 Å². The SMILES string of the molecule is CCCCc1nc(S(=O)(=O)CC)c(OC(=O)O)n1Cc1ccc(-c2ccccc2C(=O)O)cc1. The number of unbranched alkanes of at least 4 members (excludes halogenated alkanes) is 1. The maximum atomic E-state index is 12.6. The van der Waals surface area contributed by atoms with Crippen LogP contribution in [0.2, 0.25) is 0 Å². The summed E-state index contributed by atoms with van der Waals surface area (Å²) < 4.78 is 31.6. The first kappa shape index (κ1) is 25.0. The average molecular weight is 487 g/mol. The lowest BCUT2D eigenvalue weighted by atomic mass is 9.99. The summed E-state index contributed by atoms with van der Waals surface area (Å²) >= 11 is 0. The number of carboxylic acids is 1. The van der Waals surface area contributed by atoms with Crippen LogP contribution in [0.15, 0.2) is 53.6 Å². The highest BCUT2D eigenvalue weighted by Crippen LogP contribution is 2.30. The van der Waals surface area contributed by atoms with E-state index < -0.39 is 22.0 Å². The van der Waals surface area contributed by atoms with Crippen LogP contribution in [0.1, 0.15) is 48.4 Å². The van der Waals surface area contributed by atoms with Crippen molar-refractivity contribution in [1.29, 1.82) is 0 Å². The molecule has 0 fully saturated rings. The topological polar surface area (TPSA) is 136 Å². The summed E-state index contributed by atoms with van der Waals surface area (Å²) in [5.74, 6) is -1.17. The number of aryl methyl sites for hydroxylation is 1. The Morgan fingerprint density at radius 2 is 1.71 bits per heavy atom. The molecule has 0 saturated heterocycles. The van der Waals surface area contributed by atoms with Crippen LogP contribution >= 0.6 is 0 Å². The molecule has 0 saturated carbocycles. The molecule has 1 aromatic heterocycles. The predicted octanol–water partition coefficient (Wildman–Crippen LogP) is 4.49. The van der Waals surface area contributed by atoms with Gasteiger partial charge in [-0.3, -0.25) is 4.57 Å². The van der Waals surface area contributed by atoms with E-state index in [0.717, 1.165) is 18.4 Å². The third-order valence-corrected chi connectivity index (χ3v) is 6.96. The van der Waals surface area contributed by atoms with Gasteiger partial charge in [0.25, 0.3) is 0 Å². The van der Waals surface area contributed by atoms with Crippen molar-refractivity contribution in [3.05, 3.63) is 65.5 Å². The summed E-state index contributed by atoms with van der Waals surface area (Å²) in [6.45, 7) is 3.58. The van der Waals surface area contributed by atoms with Gasteiger partial charge in [0, 0.05) is 6.42 Å². The van der Waals surface area contributed by atoms with E-state index in [2.05, 4.69) is 4.98 Å². The number of hydrogen-bond donors (Lipinski definition) is 2. The second-order valence-corrected chi connectivity index (χ2v) is 9.84. The molecule has 9 nitrogen and oxygen atoms in total. The van der Waals surface area contributed by atoms with Crippen LogP contribution in [0, 0.1) is 0 Å². The molecule has 10 heteroatoms. The van der Waals surface area contributed by atoms with Crippen LogP contribution in [0.3, 0.4) is 0 Å². The maximum Gasteiger partial charge on any atom is 0.512 e. The molecule has 0 amide bonds. The number of imidazole rings is 1. The molecule has 0 atom stereocenters. The Morgan fingerprint density at radius 3 is 2.29 bits per heavy atom. The van der Waals surface area contributed by atoms with Gasteiger partial charge in [-0.1, -0.05) is 62.7 Å². The zero-order valence-corrected chi connectivity index (χ0v) is 19.7. The van der Waals surface area contributed by atoms with Crippen molar-refractivity contribution in [2.45, 2.75) is 44.7 Å². The van der Waals surface area contributed by atoms with E-state index in [0.29, 0.717) is 23.4 Å². The van der Waals surface area contributed by atoms with E-state index >= 15 is 0 Å². The minimum atomic E-state index is -3.83. The van der Waals surface area contributed by atoms with Crippen molar-refractivity contribution in [3.63, 3.8) is 0 Å². The van der Waals surface area contributed by atoms with Crippen LogP contribution < -0.4 is 4.74 Å². The number of benzene rings is 2. The van der Waals surface area contributed by atoms with Gasteiger partial charge in [0.2, 0.25) is 20.7 Å². The number of nitrogens with zero attached hydrogens (tertiary/aromatic N) is 2. The molecule has 34 heavy (non-hydrogen) atoms. The van der Waals surface area contributed by atoms with E-state index in [9.17, 15) is 28.2 Å². The molecule has 0 aliphatic carbocycles. The second-order valence-electron chi connectivity index (χ2n) is 7.65. The lowest BCUT2D eigenvalue weighted by Crippen LogP contribution is -2.14. The van der Waals surface area contributed by atoms with Gasteiger partial charge in [0.15, 0.2) is 0 Å². The third-order valence-electron chi connectivity index (χ3n) is 5.35. The molecule has 180 valence electrons. The van der Waals surface area contributed by atoms with Crippen molar-refractivity contribution in [2.24, 2.45) is 0 Å². The lowest BCUT2D eigenvalue weighted by molar-refractivity contribution is 0.0697. The van der Waals surface area contributed by atoms with E-state index in [1.165, 1.54) is 17.6 Å². The lowest BCUT2D eigenvalue weighted by Gasteiger charge is -2.12. The third kappa shape index (κ3) is 5.45. The summed E-state index contributed by atoms with van der Waals surface area (Å²) in [5.41, 5.74) is 2.19. The minimum Gasteiger partial charge on any atom is -0.478 e. The van der Waals surface area contributed by atoms with Crippen molar-refractivity contribution < 1.29 is 33.0 Å². The summed E-state index contributed by atoms with van der Waals surface area (Å²) in [5, 5.41) is 18.3. The number of ether oxygens (including phenoxy) is 1. The Morgan fingerprint density at radius 1 is 1.03 bits per heavy atom. The Hall–Kier alpha value is -3.66. The largest absolute Gasteiger partial charge is 0.512 e. The number of carbonyl (C=O) groups is 2. The standard InChI is InChI=1S/C24H26N2O7S/c1-3-5-10-20-25-21(34(31,32)4-2)22(33-24(29)30)26(20)15-16-11-13-17(14-12-16)18-8-6-7-9-19(18)23(27)28/h6-9,11-14H,3-5,10,15H2,1-2H3,(H,27,28)(H,29,30). The maximum absolute atomic E-state index is 12.6. The molecular weight excluding hydrogens is 460 g/mol. The summed E-state index contributed by atoms with van der Waals surface area (Å²) in [7, 11) is -3.83. The van der Waals surface area contributed by atoms with Gasteiger partial charge in [-0.2, -0.15) is 0 Å². The Labute approximate surface area is 197 Å². The van der Waals surface area contributed by atoms with Gasteiger partial charge >= 0.3 is 12.1 Å². The first-order valence-electron chi connectivity index (χ1n) is 10.8. The number of aromatic nitrogens is 2. The highest BCUT2D eigenvalue weighted by Gasteiger charge is 2.29. The van der Waals surface area contributed by atoms with E-state index in [1.807, 2.05) is 6.92 Å². The van der Waals surface area contributed by atoms with Gasteiger partial charge in [-0.05, 0) is 29.2 Å². The first-order chi connectivity index (χ1) is 16.2. The number of rotatable bonds is 10. The number of aromatic carboxylic acids is 1. The van der Waals surface area contributed by atoms with Crippen LogP contribution in [-0.4, -0.2) is 46.1 Å². The fraction of sp³-hybridized carbons (Fsp3) is 0.292. The van der Waals surface area contributed by atoms with Crippen LogP contribution in [0.25, 0.3) is 11.1 Å². The second kappa shape index (κ2) is 10.5. The first-order valence-corrected chi connectivity index (χ1v) is 12.5. The van der Waals surface area contributed by atoms with Crippen molar-refractivity contribution >= 4 is 22.0 Å². The average Bonchev–Trinajstić information content (AvgIpc) is 3.15. The summed E-state index contributed by atoms with van der Waals surface area (Å²) in [6, 6.07) is 13.7. The van der Waals surface area contributed by atoms with Crippen LogP contribution in [-0.2, 0) is 22.8 Å². The molecule has 1 heterocycles. The fourth-order valence-corrected chi connectivity index (χ4v) is 4.50. The van der Waals surface area contributed by atoms with Crippen LogP contribution in [0.4, 0.5) is 4.79 Å². The van der Waals surface area contributed by atoms with Crippen molar-refractivity contribution in [1.82, 2.24) is 9.55 Å². The Kier molecular flexibility index (Phi) is 7.72. The van der Waals surface area contributed by atoms with Crippen LogP contribution in [0.5, 0.6) is 5.88 Å². The minimum absolute atomic E-state index is 0.134. The number of hydrogen-bond acceptors (Lipinski definition) is 6. The Balaban J connectivity index is 2.04. The molecule has 0 spiro atoms. The molecule has 0 radical (unpaired) electrons. The molecule has 0 aliphatic heterocycles. The monoisotopic (exact) mass is 486 g/mol. The fourth-order valence-electron chi connectivity index (χ4n) is 3.56. The molecular formula is C24H26N2O7S. The molecule has 3 rings (SSSR count). The predicted molar refractivity (Wildman–Crippen MR) is 125 cm³/mol. The molecule has 0 bridgehead atoms. The van der Waals surface area contributed by atoms with Gasteiger partial charge in [-0.15, -0.1) is 0 Å². The van der Waals surface area contributed by atoms with Gasteiger partial charge < -0.3 is 14.9 Å². The smallest absolute Gasteiger partial charge is 0.478 e. The zero-order chi connectivity index (χ0) is 24.9. The van der Waals surface area contributed by atoms with E-state index in [1.54, 1.807) is 42.5 Å². The van der Waals surface area contributed by atoms with Gasteiger partial charge in [-0.25, -0.2) is 23.0 Å². The molecule has 3 aromatic rings.